The minimum atomic E-state index is -0.485. The molecule has 2 aromatic carbocycles. The van der Waals surface area contributed by atoms with Gasteiger partial charge in [0.15, 0.2) is 11.5 Å². The Morgan fingerprint density at radius 1 is 1.10 bits per heavy atom. The molecule has 0 aliphatic carbocycles. The molecule has 0 unspecified atom stereocenters. The number of carbonyl (C=O) groups excluding carboxylic acids is 2. The number of hydrogen-bond donors (Lipinski definition) is 1. The van der Waals surface area contributed by atoms with E-state index in [1.165, 1.54) is 21.3 Å². The topological polar surface area (TPSA) is 77.1 Å². The Bertz CT molecular complexity index is 922. The SMILES string of the molecule is COc1cc(NC(=O)[C@H]2CC(=O)N(c3ccc(C)c(Cl)c3)C2)cc(OC)c1OC. The van der Waals surface area contributed by atoms with Crippen LogP contribution in [0.5, 0.6) is 17.2 Å². The van der Waals surface area contributed by atoms with Crippen molar-refractivity contribution in [3.8, 4) is 17.2 Å². The van der Waals surface area contributed by atoms with Crippen molar-refractivity contribution in [3.05, 3.63) is 40.9 Å². The van der Waals surface area contributed by atoms with Gasteiger partial charge in [-0.25, -0.2) is 0 Å². The Morgan fingerprint density at radius 2 is 1.76 bits per heavy atom. The van der Waals surface area contributed by atoms with Gasteiger partial charge in [-0.2, -0.15) is 0 Å². The zero-order valence-electron chi connectivity index (χ0n) is 16.7. The first-order valence-electron chi connectivity index (χ1n) is 9.05. The fourth-order valence-corrected chi connectivity index (χ4v) is 3.45. The van der Waals surface area contributed by atoms with Gasteiger partial charge in [0.1, 0.15) is 0 Å². The van der Waals surface area contributed by atoms with Crippen molar-refractivity contribution in [2.24, 2.45) is 5.92 Å². The van der Waals surface area contributed by atoms with Crippen LogP contribution in [0.15, 0.2) is 30.3 Å². The van der Waals surface area contributed by atoms with E-state index >= 15 is 0 Å². The number of methoxy groups -OCH3 is 3. The van der Waals surface area contributed by atoms with Crippen LogP contribution in [-0.4, -0.2) is 39.7 Å². The van der Waals surface area contributed by atoms with Crippen molar-refractivity contribution in [2.75, 3.05) is 38.1 Å². The van der Waals surface area contributed by atoms with Crippen molar-refractivity contribution < 1.29 is 23.8 Å². The van der Waals surface area contributed by atoms with Crippen LogP contribution in [0.4, 0.5) is 11.4 Å². The number of halogens is 1. The highest BCUT2D eigenvalue weighted by Gasteiger charge is 2.35. The van der Waals surface area contributed by atoms with E-state index in [2.05, 4.69) is 5.32 Å². The predicted octanol–water partition coefficient (Wildman–Crippen LogP) is 3.67. The number of benzene rings is 2. The molecule has 2 amide bonds. The Balaban J connectivity index is 1.76. The van der Waals surface area contributed by atoms with Gasteiger partial charge in [0.2, 0.25) is 17.6 Å². The molecule has 29 heavy (non-hydrogen) atoms. The quantitative estimate of drug-likeness (QED) is 0.774. The summed E-state index contributed by atoms with van der Waals surface area (Å²) in [5.41, 5.74) is 2.11. The molecule has 1 saturated heterocycles. The monoisotopic (exact) mass is 418 g/mol. The number of nitrogens with zero attached hydrogens (tertiary/aromatic N) is 1. The van der Waals surface area contributed by atoms with Crippen LogP contribution in [0.25, 0.3) is 0 Å². The van der Waals surface area contributed by atoms with Crippen LogP contribution in [0.1, 0.15) is 12.0 Å². The molecule has 0 saturated carbocycles. The van der Waals surface area contributed by atoms with E-state index in [-0.39, 0.29) is 24.8 Å². The lowest BCUT2D eigenvalue weighted by molar-refractivity contribution is -0.122. The van der Waals surface area contributed by atoms with Gasteiger partial charge in [-0.1, -0.05) is 17.7 Å². The molecule has 7 nitrogen and oxygen atoms in total. The molecule has 8 heteroatoms. The number of aryl methyl sites for hydroxylation is 1. The Hall–Kier alpha value is -2.93. The van der Waals surface area contributed by atoms with Crippen molar-refractivity contribution >= 4 is 34.8 Å². The van der Waals surface area contributed by atoms with Crippen LogP contribution in [0.2, 0.25) is 5.02 Å². The molecule has 1 aliphatic heterocycles. The van der Waals surface area contributed by atoms with E-state index < -0.39 is 5.92 Å². The average molecular weight is 419 g/mol. The number of rotatable bonds is 6. The maximum absolute atomic E-state index is 12.8. The van der Waals surface area contributed by atoms with Gasteiger partial charge in [0, 0.05) is 41.5 Å². The molecular formula is C21H23ClN2O5. The predicted molar refractivity (Wildman–Crippen MR) is 111 cm³/mol. The maximum Gasteiger partial charge on any atom is 0.229 e. The highest BCUT2D eigenvalue weighted by atomic mass is 35.5. The van der Waals surface area contributed by atoms with Crippen molar-refractivity contribution in [1.29, 1.82) is 0 Å². The van der Waals surface area contributed by atoms with E-state index in [0.717, 1.165) is 5.56 Å². The van der Waals surface area contributed by atoms with Gasteiger partial charge >= 0.3 is 0 Å². The van der Waals surface area contributed by atoms with E-state index in [1.807, 2.05) is 19.1 Å². The third-order valence-corrected chi connectivity index (χ3v) is 5.30. The van der Waals surface area contributed by atoms with Gasteiger partial charge in [-0.05, 0) is 24.6 Å². The van der Waals surface area contributed by atoms with Crippen LogP contribution < -0.4 is 24.4 Å². The summed E-state index contributed by atoms with van der Waals surface area (Å²) in [6, 6.07) is 8.72. The molecule has 2 aromatic rings. The maximum atomic E-state index is 12.8. The highest BCUT2D eigenvalue weighted by Crippen LogP contribution is 2.40. The minimum Gasteiger partial charge on any atom is -0.493 e. The normalized spacial score (nSPS) is 16.0. The Morgan fingerprint density at radius 3 is 2.31 bits per heavy atom. The molecule has 154 valence electrons. The minimum absolute atomic E-state index is 0.116. The lowest BCUT2D eigenvalue weighted by atomic mass is 10.1. The number of carbonyl (C=O) groups is 2. The summed E-state index contributed by atoms with van der Waals surface area (Å²) < 4.78 is 15.9. The van der Waals surface area contributed by atoms with Crippen molar-refractivity contribution in [1.82, 2.24) is 0 Å². The second kappa shape index (κ2) is 8.61. The lowest BCUT2D eigenvalue weighted by Gasteiger charge is -2.18. The number of nitrogens with one attached hydrogen (secondary N) is 1. The fraction of sp³-hybridized carbons (Fsp3) is 0.333. The van der Waals surface area contributed by atoms with Crippen molar-refractivity contribution in [3.63, 3.8) is 0 Å². The molecule has 1 N–H and O–H groups in total. The van der Waals surface area contributed by atoms with Gasteiger partial charge in [0.25, 0.3) is 0 Å². The molecule has 0 spiro atoms. The number of hydrogen-bond acceptors (Lipinski definition) is 5. The molecule has 0 bridgehead atoms. The highest BCUT2D eigenvalue weighted by molar-refractivity contribution is 6.31. The van der Waals surface area contributed by atoms with Crippen molar-refractivity contribution in [2.45, 2.75) is 13.3 Å². The Kier molecular flexibility index (Phi) is 6.17. The first kappa shape index (κ1) is 20.8. The first-order valence-corrected chi connectivity index (χ1v) is 9.43. The molecule has 0 aromatic heterocycles. The zero-order valence-corrected chi connectivity index (χ0v) is 17.5. The molecule has 3 rings (SSSR count). The molecular weight excluding hydrogens is 396 g/mol. The second-order valence-electron chi connectivity index (χ2n) is 6.74. The zero-order chi connectivity index (χ0) is 21.1. The van der Waals surface area contributed by atoms with Gasteiger partial charge in [-0.3, -0.25) is 9.59 Å². The lowest BCUT2D eigenvalue weighted by Crippen LogP contribution is -2.28. The summed E-state index contributed by atoms with van der Waals surface area (Å²) in [7, 11) is 4.51. The smallest absolute Gasteiger partial charge is 0.229 e. The summed E-state index contributed by atoms with van der Waals surface area (Å²) in [4.78, 5) is 26.8. The van der Waals surface area contributed by atoms with E-state index in [1.54, 1.807) is 23.1 Å². The van der Waals surface area contributed by atoms with Crippen LogP contribution in [0.3, 0.4) is 0 Å². The van der Waals surface area contributed by atoms with Gasteiger partial charge < -0.3 is 24.4 Å². The number of anilines is 2. The molecule has 1 fully saturated rings. The summed E-state index contributed by atoms with van der Waals surface area (Å²) in [6.45, 7) is 2.18. The summed E-state index contributed by atoms with van der Waals surface area (Å²) in [5.74, 6) is 0.442. The third-order valence-electron chi connectivity index (χ3n) is 4.90. The Labute approximate surface area is 174 Å². The van der Waals surface area contributed by atoms with E-state index in [0.29, 0.717) is 33.6 Å². The first-order chi connectivity index (χ1) is 13.9. The average Bonchev–Trinajstić information content (AvgIpc) is 3.11. The van der Waals surface area contributed by atoms with Crippen LogP contribution in [0, 0.1) is 12.8 Å². The third kappa shape index (κ3) is 4.24. The summed E-state index contributed by atoms with van der Waals surface area (Å²) >= 11 is 6.18. The molecule has 1 aliphatic rings. The summed E-state index contributed by atoms with van der Waals surface area (Å²) in [5, 5.41) is 3.42. The second-order valence-corrected chi connectivity index (χ2v) is 7.15. The molecule has 0 radical (unpaired) electrons. The molecule has 1 atom stereocenters. The largest absolute Gasteiger partial charge is 0.493 e. The standard InChI is InChI=1S/C21H23ClN2O5/c1-12-5-6-15(10-16(12)22)24-11-13(7-19(24)25)21(26)23-14-8-17(27-2)20(29-4)18(9-14)28-3/h5-6,8-10,13H,7,11H2,1-4H3,(H,23,26)/t13-/m0/s1. The number of ether oxygens (including phenoxy) is 3. The van der Waals surface area contributed by atoms with Gasteiger partial charge in [0.05, 0.1) is 27.2 Å². The van der Waals surface area contributed by atoms with E-state index in [9.17, 15) is 9.59 Å². The number of amides is 2. The van der Waals surface area contributed by atoms with Crippen LogP contribution in [-0.2, 0) is 9.59 Å². The van der Waals surface area contributed by atoms with Crippen LogP contribution >= 0.6 is 11.6 Å². The van der Waals surface area contributed by atoms with E-state index in [4.69, 9.17) is 25.8 Å². The molecule has 1 heterocycles. The van der Waals surface area contributed by atoms with Gasteiger partial charge in [-0.15, -0.1) is 0 Å². The fourth-order valence-electron chi connectivity index (χ4n) is 3.28. The summed E-state index contributed by atoms with van der Waals surface area (Å²) in [6.07, 6.45) is 0.127.